The van der Waals surface area contributed by atoms with Gasteiger partial charge in [-0.1, -0.05) is 12.1 Å². The number of ether oxygens (including phenoxy) is 2. The lowest BCUT2D eigenvalue weighted by molar-refractivity contribution is -0.118. The zero-order valence-electron chi connectivity index (χ0n) is 15.5. The van der Waals surface area contributed by atoms with E-state index in [0.29, 0.717) is 32.0 Å². The van der Waals surface area contributed by atoms with Gasteiger partial charge in [0.25, 0.3) is 11.8 Å². The highest BCUT2D eigenvalue weighted by Crippen LogP contribution is 2.20. The summed E-state index contributed by atoms with van der Waals surface area (Å²) in [7, 11) is -3.59. The number of nitrogens with one attached hydrogen (secondary N) is 1. The first-order valence-corrected chi connectivity index (χ1v) is 10.3. The first kappa shape index (κ1) is 20.8. The van der Waals surface area contributed by atoms with Crippen LogP contribution in [0.15, 0.2) is 53.4 Å². The van der Waals surface area contributed by atoms with Gasteiger partial charge < -0.3 is 20.5 Å². The Kier molecular flexibility index (Phi) is 6.47. The summed E-state index contributed by atoms with van der Waals surface area (Å²) in [5.74, 6) is -0.909. The van der Waals surface area contributed by atoms with Gasteiger partial charge in [-0.2, -0.15) is 4.31 Å². The largest absolute Gasteiger partial charge is 0.483 e. The molecule has 0 saturated carbocycles. The molecule has 3 N–H and O–H groups in total. The number of hydrogen-bond donors (Lipinski definition) is 2. The first-order chi connectivity index (χ1) is 13.9. The molecule has 10 heteroatoms. The van der Waals surface area contributed by atoms with Crippen LogP contribution in [-0.4, -0.2) is 57.4 Å². The van der Waals surface area contributed by atoms with Gasteiger partial charge >= 0.3 is 0 Å². The van der Waals surface area contributed by atoms with E-state index in [9.17, 15) is 18.0 Å². The topological polar surface area (TPSA) is 128 Å². The number of carbonyl (C=O) groups is 2. The number of amides is 2. The summed E-state index contributed by atoms with van der Waals surface area (Å²) in [5, 5.41) is 2.61. The van der Waals surface area contributed by atoms with Crippen molar-refractivity contribution in [1.82, 2.24) is 4.31 Å². The molecule has 1 fully saturated rings. The number of primary amides is 1. The predicted octanol–water partition coefficient (Wildman–Crippen LogP) is 0.824. The molecule has 2 amide bonds. The first-order valence-electron chi connectivity index (χ1n) is 8.87. The van der Waals surface area contributed by atoms with E-state index < -0.39 is 21.8 Å². The minimum Gasteiger partial charge on any atom is -0.483 e. The Labute approximate surface area is 168 Å². The lowest BCUT2D eigenvalue weighted by Gasteiger charge is -2.26. The van der Waals surface area contributed by atoms with Crippen molar-refractivity contribution >= 4 is 27.5 Å². The molecule has 9 nitrogen and oxygen atoms in total. The molecule has 0 radical (unpaired) electrons. The molecule has 0 unspecified atom stereocenters. The molecular weight excluding hydrogens is 398 g/mol. The third kappa shape index (κ3) is 5.11. The maximum Gasteiger partial charge on any atom is 0.262 e. The Morgan fingerprint density at radius 1 is 1.07 bits per heavy atom. The molecule has 0 aromatic heterocycles. The van der Waals surface area contributed by atoms with Crippen LogP contribution in [0.3, 0.4) is 0 Å². The molecular formula is C19H21N3O6S. The average Bonchev–Trinajstić information content (AvgIpc) is 2.73. The van der Waals surface area contributed by atoms with Crippen LogP contribution in [-0.2, 0) is 19.6 Å². The fourth-order valence-corrected chi connectivity index (χ4v) is 4.19. The quantitative estimate of drug-likeness (QED) is 0.684. The standard InChI is InChI=1S/C19H21N3O6S/c20-19(24)16-3-1-2-4-17(16)28-13-18(23)21-14-5-7-15(8-6-14)29(25,26)22-9-11-27-12-10-22/h1-8H,9-13H2,(H2,20,24)(H,21,23). The number of benzene rings is 2. The number of carbonyl (C=O) groups excluding carboxylic acids is 2. The molecule has 0 spiro atoms. The molecule has 29 heavy (non-hydrogen) atoms. The van der Waals surface area contributed by atoms with Gasteiger partial charge in [0.1, 0.15) is 5.75 Å². The number of nitrogens with two attached hydrogens (primary N) is 1. The van der Waals surface area contributed by atoms with Gasteiger partial charge in [-0.3, -0.25) is 9.59 Å². The van der Waals surface area contributed by atoms with Crippen molar-refractivity contribution < 1.29 is 27.5 Å². The lowest BCUT2D eigenvalue weighted by Crippen LogP contribution is -2.40. The maximum atomic E-state index is 12.6. The number of para-hydroxylation sites is 1. The molecule has 3 rings (SSSR count). The molecule has 1 aliphatic rings. The smallest absolute Gasteiger partial charge is 0.262 e. The van der Waals surface area contributed by atoms with E-state index in [1.165, 1.54) is 34.6 Å². The summed E-state index contributed by atoms with van der Waals surface area (Å²) in [6, 6.07) is 12.2. The van der Waals surface area contributed by atoms with Crippen molar-refractivity contribution in [2.24, 2.45) is 5.73 Å². The van der Waals surface area contributed by atoms with E-state index in [-0.39, 0.29) is 22.8 Å². The fraction of sp³-hybridized carbons (Fsp3) is 0.263. The third-order valence-electron chi connectivity index (χ3n) is 4.26. The van der Waals surface area contributed by atoms with E-state index in [1.807, 2.05) is 0 Å². The highest BCUT2D eigenvalue weighted by Gasteiger charge is 2.26. The van der Waals surface area contributed by atoms with E-state index in [0.717, 1.165) is 0 Å². The van der Waals surface area contributed by atoms with Gasteiger partial charge in [0.2, 0.25) is 10.0 Å². The monoisotopic (exact) mass is 419 g/mol. The summed E-state index contributed by atoms with van der Waals surface area (Å²) in [6.07, 6.45) is 0. The second kappa shape index (κ2) is 9.03. The van der Waals surface area contributed by atoms with Crippen LogP contribution in [0, 0.1) is 0 Å². The Morgan fingerprint density at radius 2 is 1.72 bits per heavy atom. The second-order valence-corrected chi connectivity index (χ2v) is 8.18. The number of hydrogen-bond acceptors (Lipinski definition) is 6. The van der Waals surface area contributed by atoms with E-state index >= 15 is 0 Å². The molecule has 1 heterocycles. The zero-order chi connectivity index (χ0) is 20.9. The third-order valence-corrected chi connectivity index (χ3v) is 6.17. The van der Waals surface area contributed by atoms with Crippen molar-refractivity contribution in [3.05, 3.63) is 54.1 Å². The summed E-state index contributed by atoms with van der Waals surface area (Å²) < 4.78 is 37.1. The molecule has 2 aromatic carbocycles. The number of morpholine rings is 1. The Balaban J connectivity index is 1.60. The zero-order valence-corrected chi connectivity index (χ0v) is 16.4. The summed E-state index contributed by atoms with van der Waals surface area (Å²) >= 11 is 0. The maximum absolute atomic E-state index is 12.6. The summed E-state index contributed by atoms with van der Waals surface area (Å²) in [5.41, 5.74) is 5.87. The van der Waals surface area contributed by atoms with Crippen LogP contribution >= 0.6 is 0 Å². The Hall–Kier alpha value is -2.95. The minimum absolute atomic E-state index is 0.143. The van der Waals surface area contributed by atoms with E-state index in [2.05, 4.69) is 5.32 Å². The SMILES string of the molecule is NC(=O)c1ccccc1OCC(=O)Nc1ccc(S(=O)(=O)N2CCOCC2)cc1. The van der Waals surface area contributed by atoms with Gasteiger partial charge in [0.05, 0.1) is 23.7 Å². The molecule has 1 aliphatic heterocycles. The highest BCUT2D eigenvalue weighted by atomic mass is 32.2. The van der Waals surface area contributed by atoms with Crippen LogP contribution in [0.2, 0.25) is 0 Å². The lowest BCUT2D eigenvalue weighted by atomic mass is 10.2. The van der Waals surface area contributed by atoms with Crippen molar-refractivity contribution in [1.29, 1.82) is 0 Å². The summed E-state index contributed by atoms with van der Waals surface area (Å²) in [6.45, 7) is 1.02. The van der Waals surface area contributed by atoms with Crippen LogP contribution in [0.4, 0.5) is 5.69 Å². The molecule has 1 saturated heterocycles. The molecule has 0 aliphatic carbocycles. The van der Waals surface area contributed by atoms with Gasteiger partial charge in [0.15, 0.2) is 6.61 Å². The fourth-order valence-electron chi connectivity index (χ4n) is 2.78. The van der Waals surface area contributed by atoms with Crippen LogP contribution in [0.5, 0.6) is 5.75 Å². The van der Waals surface area contributed by atoms with Crippen molar-refractivity contribution in [2.75, 3.05) is 38.2 Å². The normalized spacial score (nSPS) is 14.9. The van der Waals surface area contributed by atoms with Crippen molar-refractivity contribution in [2.45, 2.75) is 4.90 Å². The highest BCUT2D eigenvalue weighted by molar-refractivity contribution is 7.89. The van der Waals surface area contributed by atoms with E-state index in [4.69, 9.17) is 15.2 Å². The Bertz CT molecular complexity index is 985. The van der Waals surface area contributed by atoms with Gasteiger partial charge in [0, 0.05) is 18.8 Å². The van der Waals surface area contributed by atoms with Gasteiger partial charge in [-0.05, 0) is 36.4 Å². The van der Waals surface area contributed by atoms with Crippen LogP contribution in [0.1, 0.15) is 10.4 Å². The Morgan fingerprint density at radius 3 is 2.38 bits per heavy atom. The molecule has 154 valence electrons. The number of nitrogens with zero attached hydrogens (tertiary/aromatic N) is 1. The number of rotatable bonds is 7. The van der Waals surface area contributed by atoms with Crippen molar-refractivity contribution in [3.8, 4) is 5.75 Å². The predicted molar refractivity (Wildman–Crippen MR) is 105 cm³/mol. The van der Waals surface area contributed by atoms with Gasteiger partial charge in [-0.15, -0.1) is 0 Å². The van der Waals surface area contributed by atoms with E-state index in [1.54, 1.807) is 18.2 Å². The van der Waals surface area contributed by atoms with Crippen LogP contribution < -0.4 is 15.8 Å². The molecule has 0 bridgehead atoms. The summed E-state index contributed by atoms with van der Waals surface area (Å²) in [4.78, 5) is 23.6. The van der Waals surface area contributed by atoms with Crippen LogP contribution in [0.25, 0.3) is 0 Å². The number of anilines is 1. The second-order valence-electron chi connectivity index (χ2n) is 6.24. The van der Waals surface area contributed by atoms with Crippen molar-refractivity contribution in [3.63, 3.8) is 0 Å². The minimum atomic E-state index is -3.59. The molecule has 2 aromatic rings. The average molecular weight is 419 g/mol. The molecule has 0 atom stereocenters. The van der Waals surface area contributed by atoms with Gasteiger partial charge in [-0.25, -0.2) is 8.42 Å². The number of sulfonamides is 1.